The van der Waals surface area contributed by atoms with Gasteiger partial charge in [-0.1, -0.05) is 25.1 Å². The second-order valence-electron chi connectivity index (χ2n) is 8.34. The average Bonchev–Trinajstić information content (AvgIpc) is 3.23. The number of aromatic amines is 1. The smallest absolute Gasteiger partial charge is 0.225 e. The van der Waals surface area contributed by atoms with Gasteiger partial charge in [0, 0.05) is 37.0 Å². The van der Waals surface area contributed by atoms with E-state index in [9.17, 15) is 4.39 Å². The van der Waals surface area contributed by atoms with E-state index < -0.39 is 0 Å². The molecule has 0 unspecified atom stereocenters. The molecule has 0 amide bonds. The Morgan fingerprint density at radius 1 is 1.06 bits per heavy atom. The van der Waals surface area contributed by atoms with Crippen LogP contribution in [-0.4, -0.2) is 33.0 Å². The molecule has 158 valence electrons. The summed E-state index contributed by atoms with van der Waals surface area (Å²) in [5, 5.41) is 0. The number of anilines is 1. The summed E-state index contributed by atoms with van der Waals surface area (Å²) in [6.07, 6.45) is 6.78. The number of halogens is 1. The number of rotatable bonds is 4. The van der Waals surface area contributed by atoms with E-state index in [2.05, 4.69) is 26.8 Å². The van der Waals surface area contributed by atoms with Crippen molar-refractivity contribution in [3.8, 4) is 11.1 Å². The van der Waals surface area contributed by atoms with Crippen LogP contribution in [0.4, 0.5) is 10.3 Å². The van der Waals surface area contributed by atoms with E-state index in [1.165, 1.54) is 0 Å². The summed E-state index contributed by atoms with van der Waals surface area (Å²) in [7, 11) is 0. The molecular weight excluding hydrogens is 389 g/mol. The van der Waals surface area contributed by atoms with Gasteiger partial charge in [0.25, 0.3) is 0 Å². The predicted molar refractivity (Wildman–Crippen MR) is 122 cm³/mol. The Labute approximate surface area is 181 Å². The molecule has 5 nitrogen and oxygen atoms in total. The standard InChI is InChI=1S/C25H26FN5/c1-3-17-14-27-25(28-15-17)31-10-8-18(9-11-31)24-29-22-7-5-19(13-23(22)30-24)20-6-4-16(2)12-21(20)26/h4-7,12-15,18H,3,8-11H2,1-2H3,(H,29,30). The van der Waals surface area contributed by atoms with Crippen LogP contribution in [-0.2, 0) is 6.42 Å². The van der Waals surface area contributed by atoms with Crippen molar-refractivity contribution in [2.24, 2.45) is 0 Å². The third-order valence-corrected chi connectivity index (χ3v) is 6.20. The van der Waals surface area contributed by atoms with E-state index in [-0.39, 0.29) is 5.82 Å². The van der Waals surface area contributed by atoms with Gasteiger partial charge in [-0.25, -0.2) is 19.3 Å². The highest BCUT2D eigenvalue weighted by molar-refractivity contribution is 5.82. The van der Waals surface area contributed by atoms with Crippen molar-refractivity contribution in [3.05, 3.63) is 71.6 Å². The van der Waals surface area contributed by atoms with Crippen molar-refractivity contribution in [2.45, 2.75) is 39.0 Å². The van der Waals surface area contributed by atoms with Crippen LogP contribution in [0.5, 0.6) is 0 Å². The third kappa shape index (κ3) is 3.90. The summed E-state index contributed by atoms with van der Waals surface area (Å²) in [5.41, 5.74) is 5.42. The molecular formula is C25H26FN5. The van der Waals surface area contributed by atoms with E-state index in [1.54, 1.807) is 6.07 Å². The highest BCUT2D eigenvalue weighted by Gasteiger charge is 2.24. The lowest BCUT2D eigenvalue weighted by atomic mass is 9.96. The molecule has 0 saturated carbocycles. The van der Waals surface area contributed by atoms with Crippen LogP contribution in [0.25, 0.3) is 22.2 Å². The van der Waals surface area contributed by atoms with Crippen LogP contribution in [0.3, 0.4) is 0 Å². The first-order valence-corrected chi connectivity index (χ1v) is 10.9. The second kappa shape index (κ2) is 8.10. The van der Waals surface area contributed by atoms with Gasteiger partial charge in [0.2, 0.25) is 5.95 Å². The molecule has 1 N–H and O–H groups in total. The summed E-state index contributed by atoms with van der Waals surface area (Å²) in [6, 6.07) is 11.3. The van der Waals surface area contributed by atoms with Gasteiger partial charge in [-0.2, -0.15) is 0 Å². The Morgan fingerprint density at radius 3 is 2.55 bits per heavy atom. The molecule has 0 bridgehead atoms. The van der Waals surface area contributed by atoms with Gasteiger partial charge < -0.3 is 9.88 Å². The van der Waals surface area contributed by atoms with Crippen LogP contribution >= 0.6 is 0 Å². The Morgan fingerprint density at radius 2 is 1.84 bits per heavy atom. The van der Waals surface area contributed by atoms with E-state index in [1.807, 2.05) is 49.6 Å². The third-order valence-electron chi connectivity index (χ3n) is 6.20. The number of nitrogens with one attached hydrogen (secondary N) is 1. The summed E-state index contributed by atoms with van der Waals surface area (Å²) in [4.78, 5) is 19.6. The van der Waals surface area contributed by atoms with Gasteiger partial charge in [0.05, 0.1) is 11.0 Å². The highest BCUT2D eigenvalue weighted by Crippen LogP contribution is 2.31. The average molecular weight is 416 g/mol. The van der Waals surface area contributed by atoms with Crippen molar-refractivity contribution >= 4 is 17.0 Å². The maximum absolute atomic E-state index is 14.4. The number of benzene rings is 2. The number of piperidine rings is 1. The lowest BCUT2D eigenvalue weighted by Crippen LogP contribution is -2.34. The van der Waals surface area contributed by atoms with Crippen LogP contribution in [0.2, 0.25) is 0 Å². The second-order valence-corrected chi connectivity index (χ2v) is 8.34. The normalized spacial score (nSPS) is 15.0. The topological polar surface area (TPSA) is 57.7 Å². The number of nitrogens with zero attached hydrogens (tertiary/aromatic N) is 4. The SMILES string of the molecule is CCc1cnc(N2CCC(c3nc4cc(-c5ccc(C)cc5F)ccc4[nH]3)CC2)nc1. The van der Waals surface area contributed by atoms with Gasteiger partial charge in [0.15, 0.2) is 0 Å². The number of fused-ring (bicyclic) bond motifs is 1. The van der Waals surface area contributed by atoms with Crippen molar-refractivity contribution in [2.75, 3.05) is 18.0 Å². The largest absolute Gasteiger partial charge is 0.342 e. The number of aryl methyl sites for hydroxylation is 2. The monoisotopic (exact) mass is 415 g/mol. The molecule has 4 aromatic rings. The van der Waals surface area contributed by atoms with Gasteiger partial charge in [0.1, 0.15) is 11.6 Å². The van der Waals surface area contributed by atoms with Gasteiger partial charge in [-0.3, -0.25) is 0 Å². The fraction of sp³-hybridized carbons (Fsp3) is 0.320. The maximum atomic E-state index is 14.4. The Bertz CT molecular complexity index is 1210. The van der Waals surface area contributed by atoms with Crippen molar-refractivity contribution in [3.63, 3.8) is 0 Å². The van der Waals surface area contributed by atoms with Gasteiger partial charge >= 0.3 is 0 Å². The molecule has 1 fully saturated rings. The van der Waals surface area contributed by atoms with Gasteiger partial charge in [-0.15, -0.1) is 0 Å². The molecule has 5 rings (SSSR count). The number of imidazole rings is 1. The van der Waals surface area contributed by atoms with Crippen LogP contribution in [0.15, 0.2) is 48.8 Å². The van der Waals surface area contributed by atoms with Crippen LogP contribution < -0.4 is 4.90 Å². The molecule has 6 heteroatoms. The Balaban J connectivity index is 1.33. The molecule has 2 aromatic heterocycles. The molecule has 0 spiro atoms. The fourth-order valence-corrected chi connectivity index (χ4v) is 4.29. The zero-order valence-corrected chi connectivity index (χ0v) is 17.9. The number of aromatic nitrogens is 4. The summed E-state index contributed by atoms with van der Waals surface area (Å²) < 4.78 is 14.4. The molecule has 1 saturated heterocycles. The van der Waals surface area contributed by atoms with Gasteiger partial charge in [-0.05, 0) is 61.1 Å². The Kier molecular flexibility index (Phi) is 5.14. The van der Waals surface area contributed by atoms with Crippen molar-refractivity contribution in [1.82, 2.24) is 19.9 Å². The first-order chi connectivity index (χ1) is 15.1. The molecule has 0 radical (unpaired) electrons. The fourth-order valence-electron chi connectivity index (χ4n) is 4.29. The quantitative estimate of drug-likeness (QED) is 0.484. The molecule has 0 atom stereocenters. The zero-order chi connectivity index (χ0) is 21.4. The number of H-pyrrole nitrogens is 1. The van der Waals surface area contributed by atoms with Crippen molar-refractivity contribution in [1.29, 1.82) is 0 Å². The van der Waals surface area contributed by atoms with Crippen molar-refractivity contribution < 1.29 is 4.39 Å². The van der Waals surface area contributed by atoms with E-state index >= 15 is 0 Å². The summed E-state index contributed by atoms with van der Waals surface area (Å²) >= 11 is 0. The number of hydrogen-bond acceptors (Lipinski definition) is 4. The maximum Gasteiger partial charge on any atom is 0.225 e. The van der Waals surface area contributed by atoms with E-state index in [0.29, 0.717) is 11.5 Å². The lowest BCUT2D eigenvalue weighted by molar-refractivity contribution is 0.484. The molecule has 2 aromatic carbocycles. The minimum absolute atomic E-state index is 0.198. The summed E-state index contributed by atoms with van der Waals surface area (Å²) in [6.45, 7) is 5.82. The Hall–Kier alpha value is -3.28. The minimum atomic E-state index is -0.198. The zero-order valence-electron chi connectivity index (χ0n) is 17.9. The predicted octanol–water partition coefficient (Wildman–Crippen LogP) is 5.41. The molecule has 31 heavy (non-hydrogen) atoms. The molecule has 0 aliphatic carbocycles. The van der Waals surface area contributed by atoms with E-state index in [0.717, 1.165) is 71.8 Å². The van der Waals surface area contributed by atoms with Crippen LogP contribution in [0.1, 0.15) is 42.6 Å². The molecule has 1 aliphatic rings. The molecule has 1 aliphatic heterocycles. The minimum Gasteiger partial charge on any atom is -0.342 e. The first kappa shape index (κ1) is 19.7. The molecule has 3 heterocycles. The number of hydrogen-bond donors (Lipinski definition) is 1. The lowest BCUT2D eigenvalue weighted by Gasteiger charge is -2.31. The van der Waals surface area contributed by atoms with Crippen LogP contribution in [0, 0.1) is 12.7 Å². The first-order valence-electron chi connectivity index (χ1n) is 10.9. The van der Waals surface area contributed by atoms with E-state index in [4.69, 9.17) is 4.98 Å². The highest BCUT2D eigenvalue weighted by atomic mass is 19.1. The summed E-state index contributed by atoms with van der Waals surface area (Å²) in [5.74, 6) is 2.00.